The maximum Gasteiger partial charge on any atom is 0.193 e. The molecule has 2 N–H and O–H groups in total. The molecule has 0 saturated carbocycles. The Labute approximate surface area is 135 Å². The van der Waals surface area contributed by atoms with Gasteiger partial charge in [0.2, 0.25) is 0 Å². The summed E-state index contributed by atoms with van der Waals surface area (Å²) < 4.78 is 14.5. The largest absolute Gasteiger partial charge is 0.494 e. The summed E-state index contributed by atoms with van der Waals surface area (Å²) in [4.78, 5) is 4.64. The number of rotatable bonds is 5. The lowest BCUT2D eigenvalue weighted by Crippen LogP contribution is -2.46. The molecule has 0 aliphatic carbocycles. The van der Waals surface area contributed by atoms with Crippen molar-refractivity contribution in [2.24, 2.45) is 0 Å². The van der Waals surface area contributed by atoms with Crippen molar-refractivity contribution >= 4 is 5.69 Å². The summed E-state index contributed by atoms with van der Waals surface area (Å²) in [7, 11) is 0. The van der Waals surface area contributed by atoms with Crippen LogP contribution < -0.4 is 4.90 Å². The quantitative estimate of drug-likeness (QED) is 0.887. The van der Waals surface area contributed by atoms with E-state index < -0.39 is 0 Å². The minimum atomic E-state index is -0.205. The molecule has 0 spiro atoms. The summed E-state index contributed by atoms with van der Waals surface area (Å²) in [6.45, 7) is 5.29. The van der Waals surface area contributed by atoms with Crippen LogP contribution in [0.3, 0.4) is 0 Å². The van der Waals surface area contributed by atoms with Gasteiger partial charge >= 0.3 is 0 Å². The molecule has 0 unspecified atom stereocenters. The summed E-state index contributed by atoms with van der Waals surface area (Å²) >= 11 is 0. The van der Waals surface area contributed by atoms with Gasteiger partial charge in [0.15, 0.2) is 11.8 Å². The summed E-state index contributed by atoms with van der Waals surface area (Å²) in [5, 5.41) is 19.2. The van der Waals surface area contributed by atoms with Crippen LogP contribution in [-0.4, -0.2) is 52.4 Å². The van der Waals surface area contributed by atoms with Gasteiger partial charge in [0.1, 0.15) is 5.82 Å². The van der Waals surface area contributed by atoms with Gasteiger partial charge in [0.05, 0.1) is 0 Å². The molecule has 0 bridgehead atoms. The molecule has 1 saturated heterocycles. The van der Waals surface area contributed by atoms with Crippen LogP contribution in [-0.2, 0) is 6.54 Å². The maximum absolute atomic E-state index is 13.0. The van der Waals surface area contributed by atoms with Crippen LogP contribution in [0.25, 0.3) is 0 Å². The van der Waals surface area contributed by atoms with E-state index in [9.17, 15) is 14.6 Å². The van der Waals surface area contributed by atoms with Gasteiger partial charge in [-0.15, -0.1) is 0 Å². The predicted octanol–water partition coefficient (Wildman–Crippen LogP) is 2.25. The summed E-state index contributed by atoms with van der Waals surface area (Å²) in [5.41, 5.74) is 1.06. The van der Waals surface area contributed by atoms with Crippen LogP contribution in [0.15, 0.2) is 36.4 Å². The van der Waals surface area contributed by atoms with Crippen molar-refractivity contribution in [3.05, 3.63) is 42.2 Å². The molecule has 1 aliphatic heterocycles. The van der Waals surface area contributed by atoms with Gasteiger partial charge in [-0.3, -0.25) is 9.47 Å². The third-order valence-electron chi connectivity index (χ3n) is 4.35. The van der Waals surface area contributed by atoms with Gasteiger partial charge in [0, 0.05) is 50.5 Å². The Balaban J connectivity index is 1.43. The Morgan fingerprint density at radius 2 is 1.43 bits per heavy atom. The lowest BCUT2D eigenvalue weighted by Gasteiger charge is -2.36. The number of anilines is 1. The highest BCUT2D eigenvalue weighted by Gasteiger charge is 2.17. The van der Waals surface area contributed by atoms with Crippen LogP contribution in [0.1, 0.15) is 6.42 Å². The zero-order chi connectivity index (χ0) is 16.2. The molecule has 3 rings (SSSR count). The molecule has 0 atom stereocenters. The fourth-order valence-corrected chi connectivity index (χ4v) is 3.01. The fourth-order valence-electron chi connectivity index (χ4n) is 3.01. The normalized spacial score (nSPS) is 16.0. The number of aromatic hydroxyl groups is 2. The molecule has 124 valence electrons. The van der Waals surface area contributed by atoms with E-state index >= 15 is 0 Å². The highest BCUT2D eigenvalue weighted by atomic mass is 19.1. The molecule has 6 heteroatoms. The Morgan fingerprint density at radius 1 is 0.826 bits per heavy atom. The van der Waals surface area contributed by atoms with Crippen molar-refractivity contribution in [1.82, 2.24) is 9.47 Å². The van der Waals surface area contributed by atoms with Crippen LogP contribution in [0.4, 0.5) is 10.1 Å². The Kier molecular flexibility index (Phi) is 4.71. The lowest BCUT2D eigenvalue weighted by molar-refractivity contribution is 0.246. The van der Waals surface area contributed by atoms with Crippen molar-refractivity contribution < 1.29 is 14.6 Å². The van der Waals surface area contributed by atoms with E-state index in [2.05, 4.69) is 9.80 Å². The van der Waals surface area contributed by atoms with Crippen molar-refractivity contribution in [3.8, 4) is 11.8 Å². The van der Waals surface area contributed by atoms with Crippen molar-refractivity contribution in [3.63, 3.8) is 0 Å². The Morgan fingerprint density at radius 3 is 2.04 bits per heavy atom. The third-order valence-corrected chi connectivity index (χ3v) is 4.35. The van der Waals surface area contributed by atoms with E-state index in [0.29, 0.717) is 6.54 Å². The number of piperazine rings is 1. The number of aromatic nitrogens is 1. The Hall–Kier alpha value is -2.21. The van der Waals surface area contributed by atoms with E-state index in [1.165, 1.54) is 28.8 Å². The van der Waals surface area contributed by atoms with E-state index in [4.69, 9.17) is 0 Å². The van der Waals surface area contributed by atoms with Gasteiger partial charge in [-0.2, -0.15) is 0 Å². The van der Waals surface area contributed by atoms with Gasteiger partial charge in [-0.25, -0.2) is 4.39 Å². The minimum Gasteiger partial charge on any atom is -0.494 e. The predicted molar refractivity (Wildman–Crippen MR) is 87.4 cm³/mol. The van der Waals surface area contributed by atoms with E-state index in [-0.39, 0.29) is 17.6 Å². The van der Waals surface area contributed by atoms with Crippen LogP contribution in [0, 0.1) is 5.82 Å². The number of halogens is 1. The monoisotopic (exact) mass is 319 g/mol. The summed E-state index contributed by atoms with van der Waals surface area (Å²) in [6.07, 6.45) is 0.867. The highest BCUT2D eigenvalue weighted by molar-refractivity contribution is 5.46. The van der Waals surface area contributed by atoms with Crippen LogP contribution >= 0.6 is 0 Å². The van der Waals surface area contributed by atoms with Gasteiger partial charge in [-0.05, 0) is 37.2 Å². The van der Waals surface area contributed by atoms with Gasteiger partial charge in [0.25, 0.3) is 0 Å². The molecule has 2 heterocycles. The minimum absolute atomic E-state index is 0.101. The number of benzene rings is 1. The zero-order valence-corrected chi connectivity index (χ0v) is 13.0. The molecule has 2 aromatic rings. The third kappa shape index (κ3) is 3.76. The van der Waals surface area contributed by atoms with E-state index in [1.54, 1.807) is 0 Å². The highest BCUT2D eigenvalue weighted by Crippen LogP contribution is 2.21. The Bertz CT molecular complexity index is 614. The average Bonchev–Trinajstić information content (AvgIpc) is 2.88. The number of hydrogen-bond donors (Lipinski definition) is 2. The molecule has 1 aliphatic rings. The first-order valence-corrected chi connectivity index (χ1v) is 7.94. The molecule has 5 nitrogen and oxygen atoms in total. The molecular weight excluding hydrogens is 297 g/mol. The molecular formula is C17H22FN3O2. The standard InChI is InChI=1S/C17H22FN3O2/c18-14-2-4-15(5-3-14)20-12-10-19(11-13-20)8-1-9-21-16(22)6-7-17(21)23/h2-7,22-23H,1,8-13H2. The second-order valence-electron chi connectivity index (χ2n) is 5.86. The summed E-state index contributed by atoms with van der Waals surface area (Å²) in [6, 6.07) is 9.63. The first-order chi connectivity index (χ1) is 11.1. The first-order valence-electron chi connectivity index (χ1n) is 7.94. The SMILES string of the molecule is Oc1ccc(O)n1CCCN1CCN(c2ccc(F)cc2)CC1. The smallest absolute Gasteiger partial charge is 0.193 e. The van der Waals surface area contributed by atoms with Crippen LogP contribution in [0.2, 0.25) is 0 Å². The lowest BCUT2D eigenvalue weighted by atomic mass is 10.2. The second-order valence-corrected chi connectivity index (χ2v) is 5.86. The molecule has 0 amide bonds. The first kappa shape index (κ1) is 15.7. The maximum atomic E-state index is 13.0. The molecule has 0 radical (unpaired) electrons. The zero-order valence-electron chi connectivity index (χ0n) is 13.0. The molecule has 1 fully saturated rings. The van der Waals surface area contributed by atoms with Crippen molar-refractivity contribution in [2.75, 3.05) is 37.6 Å². The van der Waals surface area contributed by atoms with E-state index in [1.807, 2.05) is 12.1 Å². The number of nitrogens with zero attached hydrogens (tertiary/aromatic N) is 3. The molecule has 23 heavy (non-hydrogen) atoms. The van der Waals surface area contributed by atoms with Gasteiger partial charge in [-0.1, -0.05) is 0 Å². The summed E-state index contributed by atoms with van der Waals surface area (Å²) in [5.74, 6) is -0.00355. The second kappa shape index (κ2) is 6.91. The molecule has 1 aromatic heterocycles. The van der Waals surface area contributed by atoms with E-state index in [0.717, 1.165) is 44.8 Å². The molecule has 1 aromatic carbocycles. The number of hydrogen-bond acceptors (Lipinski definition) is 4. The van der Waals surface area contributed by atoms with Crippen molar-refractivity contribution in [1.29, 1.82) is 0 Å². The average molecular weight is 319 g/mol. The van der Waals surface area contributed by atoms with Crippen LogP contribution in [0.5, 0.6) is 11.8 Å². The topological polar surface area (TPSA) is 51.9 Å². The fraction of sp³-hybridized carbons (Fsp3) is 0.412. The van der Waals surface area contributed by atoms with Gasteiger partial charge < -0.3 is 15.1 Å². The van der Waals surface area contributed by atoms with Crippen molar-refractivity contribution in [2.45, 2.75) is 13.0 Å².